The van der Waals surface area contributed by atoms with Gasteiger partial charge >= 0.3 is 0 Å². The number of hydrogen-bond donors (Lipinski definition) is 2. The van der Waals surface area contributed by atoms with Crippen LogP contribution < -0.4 is 11.2 Å². The van der Waals surface area contributed by atoms with Crippen LogP contribution in [0.15, 0.2) is 0 Å². The minimum atomic E-state index is -0.172. The first-order valence-electron chi connectivity index (χ1n) is 5.30. The van der Waals surface area contributed by atoms with E-state index in [1.54, 1.807) is 0 Å². The van der Waals surface area contributed by atoms with Gasteiger partial charge in [-0.2, -0.15) is 10.4 Å². The maximum atomic E-state index is 5.56. The summed E-state index contributed by atoms with van der Waals surface area (Å²) in [4.78, 5) is 9.44. The smallest absolute Gasteiger partial charge is 0.148 e. The lowest BCUT2D eigenvalue weighted by Gasteiger charge is -2.10. The number of hydrogen-bond acceptors (Lipinski definition) is 7. The van der Waals surface area contributed by atoms with E-state index in [9.17, 15) is 0 Å². The average Bonchev–Trinajstić information content (AvgIpc) is 2.24. The van der Waals surface area contributed by atoms with Crippen LogP contribution in [0.3, 0.4) is 0 Å². The molecule has 0 spiro atoms. The summed E-state index contributed by atoms with van der Waals surface area (Å²) < 4.78 is 0. The molecule has 0 aliphatic rings. The minimum absolute atomic E-state index is 0.0522. The van der Waals surface area contributed by atoms with Gasteiger partial charge in [0.15, 0.2) is 0 Å². The zero-order valence-electron chi connectivity index (χ0n) is 10.6. The van der Waals surface area contributed by atoms with Gasteiger partial charge in [0.1, 0.15) is 5.44 Å². The molecule has 7 heteroatoms. The molecule has 0 fully saturated rings. The highest BCUT2D eigenvalue weighted by atomic mass is 33.1. The monoisotopic (exact) mass is 280 g/mol. The van der Waals surface area contributed by atoms with E-state index in [-0.39, 0.29) is 10.8 Å². The molecule has 0 amide bonds. The van der Waals surface area contributed by atoms with Gasteiger partial charge < -0.3 is 5.73 Å². The molecule has 17 heavy (non-hydrogen) atoms. The Morgan fingerprint density at radius 1 is 1.24 bits per heavy atom. The summed E-state index contributed by atoms with van der Waals surface area (Å²) in [5.41, 5.74) is 7.89. The summed E-state index contributed by atoms with van der Waals surface area (Å²) in [5, 5.41) is 4.53. The van der Waals surface area contributed by atoms with E-state index in [2.05, 4.69) is 27.3 Å². The first kappa shape index (κ1) is 17.1. The van der Waals surface area contributed by atoms with Crippen molar-refractivity contribution in [1.82, 2.24) is 5.48 Å². The van der Waals surface area contributed by atoms with Crippen molar-refractivity contribution in [1.29, 1.82) is 0 Å². The molecule has 0 aromatic rings. The van der Waals surface area contributed by atoms with E-state index in [0.717, 1.165) is 0 Å². The molecule has 0 aromatic carbocycles. The third kappa shape index (κ3) is 14.0. The summed E-state index contributed by atoms with van der Waals surface area (Å²) in [6, 6.07) is 0. The van der Waals surface area contributed by atoms with Crippen molar-refractivity contribution >= 4 is 21.6 Å². The molecule has 0 saturated carbocycles. The third-order valence-electron chi connectivity index (χ3n) is 1.16. The third-order valence-corrected chi connectivity index (χ3v) is 3.98. The van der Waals surface area contributed by atoms with Crippen LogP contribution in [-0.2, 0) is 14.9 Å². The molecule has 100 valence electrons. The van der Waals surface area contributed by atoms with Gasteiger partial charge in [0.05, 0.1) is 11.9 Å². The Hall–Kier alpha value is 0.0600. The van der Waals surface area contributed by atoms with Crippen LogP contribution in [0.4, 0.5) is 0 Å². The molecule has 0 aliphatic heterocycles. The second-order valence-electron chi connectivity index (χ2n) is 3.51. The molecule has 5 nitrogen and oxygen atoms in total. The van der Waals surface area contributed by atoms with Crippen LogP contribution in [0, 0.1) is 17.8 Å². The van der Waals surface area contributed by atoms with E-state index in [4.69, 9.17) is 10.6 Å². The number of hydroxylamine groups is 1. The van der Waals surface area contributed by atoms with Crippen molar-refractivity contribution in [3.8, 4) is 11.8 Å². The topological polar surface area (TPSA) is 65.7 Å². The van der Waals surface area contributed by atoms with E-state index in [1.807, 2.05) is 27.7 Å². The highest BCUT2D eigenvalue weighted by Crippen LogP contribution is 2.29. The molecule has 3 N–H and O–H groups in total. The van der Waals surface area contributed by atoms with Crippen LogP contribution in [0.5, 0.6) is 0 Å². The zero-order valence-corrected chi connectivity index (χ0v) is 12.2. The van der Waals surface area contributed by atoms with Gasteiger partial charge in [-0.1, -0.05) is 47.3 Å². The zero-order chi connectivity index (χ0) is 13.1. The summed E-state index contributed by atoms with van der Waals surface area (Å²) in [6.45, 7) is 8.15. The molecule has 2 atom stereocenters. The van der Waals surface area contributed by atoms with Crippen LogP contribution in [0.2, 0.25) is 0 Å². The van der Waals surface area contributed by atoms with Crippen LogP contribution >= 0.6 is 21.6 Å². The second-order valence-corrected chi connectivity index (χ2v) is 6.46. The molecule has 0 radical (unpaired) electrons. The van der Waals surface area contributed by atoms with Gasteiger partial charge in [-0.05, 0) is 18.9 Å². The molecular formula is C10H20N2O3S2. The highest BCUT2D eigenvalue weighted by molar-refractivity contribution is 8.77. The highest BCUT2D eigenvalue weighted by Gasteiger charge is 2.06. The van der Waals surface area contributed by atoms with Gasteiger partial charge in [-0.3, -0.25) is 0 Å². The van der Waals surface area contributed by atoms with Gasteiger partial charge in [-0.25, -0.2) is 0 Å². The molecule has 0 heterocycles. The molecule has 0 aromatic heterocycles. The Kier molecular flexibility index (Phi) is 11.2. The lowest BCUT2D eigenvalue weighted by Crippen LogP contribution is -2.17. The maximum Gasteiger partial charge on any atom is 0.148 e. The second kappa shape index (κ2) is 11.2. The molecule has 0 saturated heterocycles. The fourth-order valence-corrected chi connectivity index (χ4v) is 2.09. The average molecular weight is 280 g/mol. The van der Waals surface area contributed by atoms with E-state index in [1.165, 1.54) is 21.6 Å². The summed E-state index contributed by atoms with van der Waals surface area (Å²) in [7, 11) is 2.97. The summed E-state index contributed by atoms with van der Waals surface area (Å²) in [6.07, 6.45) is 0. The Balaban J connectivity index is 3.31. The number of rotatable bonds is 8. The maximum absolute atomic E-state index is 5.56. The first-order valence-corrected chi connectivity index (χ1v) is 7.58. The van der Waals surface area contributed by atoms with Crippen molar-refractivity contribution in [3.05, 3.63) is 0 Å². The standard InChI is InChI=1S/C10H20N2O3S2/c1-8(2)6-5-7-12-14-15-13-10(4)17-16-9(3)11/h8-10,12H,7,11H2,1-4H3. The van der Waals surface area contributed by atoms with Crippen LogP contribution in [0.25, 0.3) is 0 Å². The van der Waals surface area contributed by atoms with Crippen LogP contribution in [-0.4, -0.2) is 17.4 Å². The van der Waals surface area contributed by atoms with E-state index >= 15 is 0 Å². The number of nitrogens with one attached hydrogen (secondary N) is 1. The predicted molar refractivity (Wildman–Crippen MR) is 72.2 cm³/mol. The minimum Gasteiger partial charge on any atom is -0.319 e. The Morgan fingerprint density at radius 3 is 2.53 bits per heavy atom. The van der Waals surface area contributed by atoms with Gasteiger partial charge in [0.25, 0.3) is 0 Å². The van der Waals surface area contributed by atoms with Crippen molar-refractivity contribution < 1.29 is 14.9 Å². The lowest BCUT2D eigenvalue weighted by molar-refractivity contribution is -0.536. The van der Waals surface area contributed by atoms with Crippen molar-refractivity contribution in [3.63, 3.8) is 0 Å². The lowest BCUT2D eigenvalue weighted by atomic mass is 10.2. The molecule has 0 aliphatic carbocycles. The molecule has 0 bridgehead atoms. The number of nitrogens with two attached hydrogens (primary N) is 1. The molecule has 2 unspecified atom stereocenters. The predicted octanol–water partition coefficient (Wildman–Crippen LogP) is 2.06. The van der Waals surface area contributed by atoms with Crippen molar-refractivity contribution in [2.24, 2.45) is 11.7 Å². The van der Waals surface area contributed by atoms with Crippen molar-refractivity contribution in [2.75, 3.05) is 6.54 Å². The Bertz CT molecular complexity index is 241. The molecule has 0 rings (SSSR count). The Labute approximate surface area is 111 Å². The van der Waals surface area contributed by atoms with E-state index in [0.29, 0.717) is 12.5 Å². The summed E-state index contributed by atoms with van der Waals surface area (Å²) in [5.74, 6) is 6.18. The Morgan fingerprint density at radius 2 is 1.94 bits per heavy atom. The van der Waals surface area contributed by atoms with E-state index < -0.39 is 0 Å². The SMILES string of the molecule is CC(C)C#CCNOOOC(C)SSC(C)N. The van der Waals surface area contributed by atoms with Crippen molar-refractivity contribution in [2.45, 2.75) is 38.5 Å². The van der Waals surface area contributed by atoms with Gasteiger partial charge in [-0.15, -0.1) is 4.99 Å². The quantitative estimate of drug-likeness (QED) is 0.176. The fraction of sp³-hybridized carbons (Fsp3) is 0.800. The van der Waals surface area contributed by atoms with Gasteiger partial charge in [0, 0.05) is 5.92 Å². The van der Waals surface area contributed by atoms with Crippen LogP contribution in [0.1, 0.15) is 27.7 Å². The summed E-state index contributed by atoms with van der Waals surface area (Å²) >= 11 is 0. The normalized spacial score (nSPS) is 14.2. The molecular weight excluding hydrogens is 260 g/mol. The fourth-order valence-electron chi connectivity index (χ4n) is 0.602. The first-order chi connectivity index (χ1) is 8.02. The van der Waals surface area contributed by atoms with Gasteiger partial charge in [0.2, 0.25) is 0 Å². The largest absolute Gasteiger partial charge is 0.319 e.